The zero-order chi connectivity index (χ0) is 13.2. The standard InChI is InChI=1S/C12H9N5OS/c1-17-12(14-15-16-17)19-11-9(7-18)6-8-4-2-3-5-10(8)13-11/h2-7H,1H3. The second-order valence-electron chi connectivity index (χ2n) is 3.88. The van der Waals surface area contributed by atoms with E-state index in [4.69, 9.17) is 0 Å². The van der Waals surface area contributed by atoms with E-state index in [-0.39, 0.29) is 0 Å². The van der Waals surface area contributed by atoms with Gasteiger partial charge in [0.2, 0.25) is 5.16 Å². The molecule has 0 unspecified atom stereocenters. The van der Waals surface area contributed by atoms with Gasteiger partial charge in [0, 0.05) is 18.0 Å². The van der Waals surface area contributed by atoms with Gasteiger partial charge in [-0.1, -0.05) is 18.2 Å². The number of aryl methyl sites for hydroxylation is 1. The summed E-state index contributed by atoms with van der Waals surface area (Å²) in [7, 11) is 1.74. The summed E-state index contributed by atoms with van der Waals surface area (Å²) in [6, 6.07) is 9.48. The highest BCUT2D eigenvalue weighted by molar-refractivity contribution is 7.99. The first-order chi connectivity index (χ1) is 9.28. The third-order valence-electron chi connectivity index (χ3n) is 2.61. The summed E-state index contributed by atoms with van der Waals surface area (Å²) < 4.78 is 1.54. The first kappa shape index (κ1) is 11.8. The summed E-state index contributed by atoms with van der Waals surface area (Å²) in [5.41, 5.74) is 1.37. The summed E-state index contributed by atoms with van der Waals surface area (Å²) in [6.45, 7) is 0. The zero-order valence-electron chi connectivity index (χ0n) is 10.0. The number of hydrogen-bond donors (Lipinski definition) is 0. The van der Waals surface area contributed by atoms with Crippen LogP contribution in [0.1, 0.15) is 10.4 Å². The Morgan fingerprint density at radius 3 is 2.89 bits per heavy atom. The van der Waals surface area contributed by atoms with E-state index < -0.39 is 0 Å². The smallest absolute Gasteiger partial charge is 0.215 e. The molecule has 2 heterocycles. The lowest BCUT2D eigenvalue weighted by Gasteiger charge is -2.04. The predicted molar refractivity (Wildman–Crippen MR) is 70.1 cm³/mol. The largest absolute Gasteiger partial charge is 0.298 e. The van der Waals surface area contributed by atoms with E-state index in [1.54, 1.807) is 7.05 Å². The van der Waals surface area contributed by atoms with Gasteiger partial charge >= 0.3 is 0 Å². The molecule has 0 N–H and O–H groups in total. The van der Waals surface area contributed by atoms with E-state index in [1.165, 1.54) is 16.4 Å². The van der Waals surface area contributed by atoms with Crippen LogP contribution in [0.5, 0.6) is 0 Å². The SMILES string of the molecule is Cn1nnnc1Sc1nc2ccccc2cc1C=O. The van der Waals surface area contributed by atoms with Crippen molar-refractivity contribution in [1.29, 1.82) is 0 Å². The van der Waals surface area contributed by atoms with Crippen molar-refractivity contribution in [3.63, 3.8) is 0 Å². The number of pyridine rings is 1. The second kappa shape index (κ2) is 4.77. The van der Waals surface area contributed by atoms with Crippen LogP contribution in [0.15, 0.2) is 40.5 Å². The number of para-hydroxylation sites is 1. The number of carbonyl (C=O) groups excluding carboxylic acids is 1. The van der Waals surface area contributed by atoms with Gasteiger partial charge in [0.15, 0.2) is 6.29 Å². The Hall–Kier alpha value is -2.28. The Bertz CT molecular complexity index is 755. The van der Waals surface area contributed by atoms with Gasteiger partial charge in [0.25, 0.3) is 0 Å². The number of carbonyl (C=O) groups is 1. The van der Waals surface area contributed by atoms with Crippen LogP contribution >= 0.6 is 11.8 Å². The van der Waals surface area contributed by atoms with Crippen LogP contribution in [-0.4, -0.2) is 31.5 Å². The molecule has 0 saturated heterocycles. The first-order valence-electron chi connectivity index (χ1n) is 5.53. The van der Waals surface area contributed by atoms with Gasteiger partial charge in [-0.05, 0) is 34.3 Å². The van der Waals surface area contributed by atoms with Crippen molar-refractivity contribution in [2.24, 2.45) is 7.05 Å². The normalized spacial score (nSPS) is 10.8. The van der Waals surface area contributed by atoms with Crippen molar-refractivity contribution in [2.45, 2.75) is 10.2 Å². The van der Waals surface area contributed by atoms with Crippen LogP contribution in [-0.2, 0) is 7.05 Å². The molecule has 1 aromatic carbocycles. The fourth-order valence-corrected chi connectivity index (χ4v) is 2.46. The molecule has 3 rings (SSSR count). The molecule has 0 spiro atoms. The van der Waals surface area contributed by atoms with E-state index in [2.05, 4.69) is 20.5 Å². The van der Waals surface area contributed by atoms with Gasteiger partial charge < -0.3 is 0 Å². The maximum atomic E-state index is 11.2. The van der Waals surface area contributed by atoms with Gasteiger partial charge in [0.1, 0.15) is 5.03 Å². The van der Waals surface area contributed by atoms with Gasteiger partial charge in [0.05, 0.1) is 5.52 Å². The molecule has 0 aliphatic carbocycles. The number of rotatable bonds is 3. The van der Waals surface area contributed by atoms with Crippen molar-refractivity contribution in [2.75, 3.05) is 0 Å². The van der Waals surface area contributed by atoms with Gasteiger partial charge in [-0.15, -0.1) is 5.10 Å². The van der Waals surface area contributed by atoms with E-state index in [9.17, 15) is 4.79 Å². The number of aldehydes is 1. The fourth-order valence-electron chi connectivity index (χ4n) is 1.67. The monoisotopic (exact) mass is 271 g/mol. The maximum Gasteiger partial charge on any atom is 0.215 e. The minimum atomic E-state index is 0.534. The molecule has 0 bridgehead atoms. The topological polar surface area (TPSA) is 73.6 Å². The molecule has 19 heavy (non-hydrogen) atoms. The molecule has 0 atom stereocenters. The molecule has 2 aromatic heterocycles. The Morgan fingerprint density at radius 1 is 1.32 bits per heavy atom. The average molecular weight is 271 g/mol. The Labute approximate surface area is 112 Å². The lowest BCUT2D eigenvalue weighted by atomic mass is 10.2. The maximum absolute atomic E-state index is 11.2. The van der Waals surface area contributed by atoms with Gasteiger partial charge in [-0.25, -0.2) is 9.67 Å². The highest BCUT2D eigenvalue weighted by atomic mass is 32.2. The summed E-state index contributed by atoms with van der Waals surface area (Å²) in [5, 5.41) is 13.3. The highest BCUT2D eigenvalue weighted by Crippen LogP contribution is 2.28. The quantitative estimate of drug-likeness (QED) is 0.675. The summed E-state index contributed by atoms with van der Waals surface area (Å²) in [6.07, 6.45) is 0.797. The Balaban J connectivity index is 2.11. The summed E-state index contributed by atoms with van der Waals surface area (Å²) >= 11 is 1.27. The predicted octanol–water partition coefficient (Wildman–Crippen LogP) is 1.72. The third-order valence-corrected chi connectivity index (χ3v) is 3.66. The fraction of sp³-hybridized carbons (Fsp3) is 0.0833. The molecular formula is C12H9N5OS. The number of benzene rings is 1. The number of nitrogens with zero attached hydrogens (tertiary/aromatic N) is 5. The van der Waals surface area contributed by atoms with Crippen LogP contribution in [0.25, 0.3) is 10.9 Å². The van der Waals surface area contributed by atoms with Crippen LogP contribution in [0.2, 0.25) is 0 Å². The van der Waals surface area contributed by atoms with Gasteiger partial charge in [-0.3, -0.25) is 4.79 Å². The molecule has 94 valence electrons. The Morgan fingerprint density at radius 2 is 2.16 bits per heavy atom. The van der Waals surface area contributed by atoms with Crippen molar-refractivity contribution in [1.82, 2.24) is 25.2 Å². The second-order valence-corrected chi connectivity index (χ2v) is 4.84. The average Bonchev–Trinajstić information content (AvgIpc) is 2.83. The third kappa shape index (κ3) is 2.19. The van der Waals surface area contributed by atoms with Crippen molar-refractivity contribution in [3.8, 4) is 0 Å². The van der Waals surface area contributed by atoms with E-state index in [0.717, 1.165) is 17.2 Å². The molecular weight excluding hydrogens is 262 g/mol. The van der Waals surface area contributed by atoms with E-state index >= 15 is 0 Å². The van der Waals surface area contributed by atoms with E-state index in [0.29, 0.717) is 15.7 Å². The van der Waals surface area contributed by atoms with Crippen LogP contribution < -0.4 is 0 Å². The van der Waals surface area contributed by atoms with Crippen LogP contribution in [0.3, 0.4) is 0 Å². The molecule has 0 fully saturated rings. The molecule has 3 aromatic rings. The summed E-state index contributed by atoms with van der Waals surface area (Å²) in [5.74, 6) is 0. The van der Waals surface area contributed by atoms with Crippen molar-refractivity contribution < 1.29 is 4.79 Å². The molecule has 0 saturated carbocycles. The lowest BCUT2D eigenvalue weighted by molar-refractivity contribution is 0.112. The molecule has 0 radical (unpaired) electrons. The van der Waals surface area contributed by atoms with Crippen molar-refractivity contribution in [3.05, 3.63) is 35.9 Å². The van der Waals surface area contributed by atoms with E-state index in [1.807, 2.05) is 30.3 Å². The molecule has 6 nitrogen and oxygen atoms in total. The minimum Gasteiger partial charge on any atom is -0.298 e. The number of tetrazole rings is 1. The number of fused-ring (bicyclic) bond motifs is 1. The van der Waals surface area contributed by atoms with Crippen molar-refractivity contribution >= 4 is 29.0 Å². The van der Waals surface area contributed by atoms with Crippen LogP contribution in [0.4, 0.5) is 0 Å². The Kier molecular flexibility index (Phi) is 2.96. The number of aromatic nitrogens is 5. The lowest BCUT2D eigenvalue weighted by Crippen LogP contribution is -1.96. The van der Waals surface area contributed by atoms with Crippen LogP contribution in [0, 0.1) is 0 Å². The molecule has 0 aliphatic rings. The zero-order valence-corrected chi connectivity index (χ0v) is 10.8. The first-order valence-corrected chi connectivity index (χ1v) is 6.35. The highest BCUT2D eigenvalue weighted by Gasteiger charge is 2.11. The minimum absolute atomic E-state index is 0.534. The molecule has 7 heteroatoms. The summed E-state index contributed by atoms with van der Waals surface area (Å²) in [4.78, 5) is 15.7. The number of hydrogen-bond acceptors (Lipinski definition) is 6. The van der Waals surface area contributed by atoms with Gasteiger partial charge in [-0.2, -0.15) is 0 Å². The molecule has 0 amide bonds. The molecule has 0 aliphatic heterocycles.